The number of nitrogens with one attached hydrogen (secondary N) is 1. The van der Waals surface area contributed by atoms with Gasteiger partial charge in [-0.25, -0.2) is 0 Å². The fourth-order valence-electron chi connectivity index (χ4n) is 2.69. The SMILES string of the molecule is CCCCCC(C)(OCC)C(=O)Nc1ccc(OCC(C)C)c(C)c1. The zero-order valence-electron chi connectivity index (χ0n) is 16.8. The number of amides is 1. The molecule has 0 aliphatic rings. The molecule has 1 amide bonds. The van der Waals surface area contributed by atoms with Crippen molar-refractivity contribution in [3.05, 3.63) is 23.8 Å². The van der Waals surface area contributed by atoms with Crippen LogP contribution in [-0.2, 0) is 9.53 Å². The summed E-state index contributed by atoms with van der Waals surface area (Å²) >= 11 is 0. The quantitative estimate of drug-likeness (QED) is 0.548. The molecule has 0 aromatic heterocycles. The molecule has 25 heavy (non-hydrogen) atoms. The monoisotopic (exact) mass is 349 g/mol. The number of unbranched alkanes of at least 4 members (excludes halogenated alkanes) is 2. The highest BCUT2D eigenvalue weighted by atomic mass is 16.5. The summed E-state index contributed by atoms with van der Waals surface area (Å²) in [5, 5.41) is 3.01. The van der Waals surface area contributed by atoms with Crippen molar-refractivity contribution in [2.75, 3.05) is 18.5 Å². The van der Waals surface area contributed by atoms with Crippen LogP contribution in [0.25, 0.3) is 0 Å². The Hall–Kier alpha value is -1.55. The summed E-state index contributed by atoms with van der Waals surface area (Å²) in [7, 11) is 0. The highest BCUT2D eigenvalue weighted by molar-refractivity contribution is 5.97. The molecule has 1 unspecified atom stereocenters. The molecule has 142 valence electrons. The third-order valence-corrected chi connectivity index (χ3v) is 4.21. The lowest BCUT2D eigenvalue weighted by Crippen LogP contribution is -2.42. The van der Waals surface area contributed by atoms with E-state index in [1.165, 1.54) is 0 Å². The van der Waals surface area contributed by atoms with Crippen LogP contribution in [0, 0.1) is 12.8 Å². The van der Waals surface area contributed by atoms with Crippen molar-refractivity contribution in [2.24, 2.45) is 5.92 Å². The lowest BCUT2D eigenvalue weighted by molar-refractivity contribution is -0.139. The van der Waals surface area contributed by atoms with Crippen molar-refractivity contribution in [3.8, 4) is 5.75 Å². The van der Waals surface area contributed by atoms with Gasteiger partial charge in [0.25, 0.3) is 5.91 Å². The molecule has 0 spiro atoms. The summed E-state index contributed by atoms with van der Waals surface area (Å²) in [6, 6.07) is 5.76. The number of benzene rings is 1. The molecular weight excluding hydrogens is 314 g/mol. The summed E-state index contributed by atoms with van der Waals surface area (Å²) < 4.78 is 11.6. The minimum atomic E-state index is -0.787. The maximum Gasteiger partial charge on any atom is 0.256 e. The van der Waals surface area contributed by atoms with Gasteiger partial charge in [0.05, 0.1) is 6.61 Å². The minimum Gasteiger partial charge on any atom is -0.493 e. The molecule has 1 aromatic carbocycles. The van der Waals surface area contributed by atoms with E-state index in [1.807, 2.05) is 39.0 Å². The Kier molecular flexibility index (Phi) is 8.98. The van der Waals surface area contributed by atoms with Crippen molar-refractivity contribution in [2.45, 2.75) is 72.8 Å². The van der Waals surface area contributed by atoms with E-state index in [4.69, 9.17) is 9.47 Å². The smallest absolute Gasteiger partial charge is 0.256 e. The molecule has 0 saturated carbocycles. The molecule has 4 nitrogen and oxygen atoms in total. The summed E-state index contributed by atoms with van der Waals surface area (Å²) in [5.41, 5.74) is 1.01. The van der Waals surface area contributed by atoms with Crippen LogP contribution in [-0.4, -0.2) is 24.7 Å². The van der Waals surface area contributed by atoms with Gasteiger partial charge in [-0.05, 0) is 56.9 Å². The average molecular weight is 350 g/mol. The molecule has 0 aliphatic heterocycles. The second kappa shape index (κ2) is 10.4. The van der Waals surface area contributed by atoms with Crippen LogP contribution in [0.3, 0.4) is 0 Å². The summed E-state index contributed by atoms with van der Waals surface area (Å²) in [6.07, 6.45) is 3.95. The van der Waals surface area contributed by atoms with Crippen LogP contribution in [0.4, 0.5) is 5.69 Å². The summed E-state index contributed by atoms with van der Waals surface area (Å²) in [5.74, 6) is 1.26. The zero-order chi connectivity index (χ0) is 18.9. The molecule has 4 heteroatoms. The fraction of sp³-hybridized carbons (Fsp3) is 0.667. The van der Waals surface area contributed by atoms with Gasteiger partial charge in [-0.1, -0.05) is 40.0 Å². The van der Waals surface area contributed by atoms with E-state index in [0.29, 0.717) is 19.1 Å². The van der Waals surface area contributed by atoms with Crippen LogP contribution >= 0.6 is 0 Å². The number of anilines is 1. The largest absolute Gasteiger partial charge is 0.493 e. The molecule has 1 N–H and O–H groups in total. The van der Waals surface area contributed by atoms with Gasteiger partial charge < -0.3 is 14.8 Å². The maximum atomic E-state index is 12.8. The van der Waals surface area contributed by atoms with Crippen LogP contribution in [0.2, 0.25) is 0 Å². The van der Waals surface area contributed by atoms with Gasteiger partial charge in [0.1, 0.15) is 11.4 Å². The van der Waals surface area contributed by atoms with Crippen LogP contribution in [0.5, 0.6) is 5.75 Å². The van der Waals surface area contributed by atoms with E-state index < -0.39 is 5.60 Å². The molecule has 0 radical (unpaired) electrons. The first kappa shape index (κ1) is 21.5. The first-order valence-corrected chi connectivity index (χ1v) is 9.51. The van der Waals surface area contributed by atoms with E-state index in [0.717, 1.165) is 42.7 Å². The topological polar surface area (TPSA) is 47.6 Å². The van der Waals surface area contributed by atoms with Crippen molar-refractivity contribution < 1.29 is 14.3 Å². The fourth-order valence-corrected chi connectivity index (χ4v) is 2.69. The molecule has 1 aromatic rings. The molecule has 1 atom stereocenters. The van der Waals surface area contributed by atoms with Crippen molar-refractivity contribution in [1.29, 1.82) is 0 Å². The Morgan fingerprint density at radius 1 is 1.24 bits per heavy atom. The van der Waals surface area contributed by atoms with Crippen molar-refractivity contribution >= 4 is 11.6 Å². The Bertz CT molecular complexity index is 542. The Morgan fingerprint density at radius 3 is 2.52 bits per heavy atom. The number of rotatable bonds is 11. The zero-order valence-corrected chi connectivity index (χ0v) is 16.8. The van der Waals surface area contributed by atoms with Gasteiger partial charge in [-0.15, -0.1) is 0 Å². The third-order valence-electron chi connectivity index (χ3n) is 4.21. The predicted octanol–water partition coefficient (Wildman–Crippen LogP) is 5.34. The van der Waals surface area contributed by atoms with Crippen molar-refractivity contribution in [1.82, 2.24) is 0 Å². The normalized spacial score (nSPS) is 13.6. The molecule has 0 saturated heterocycles. The number of aryl methyl sites for hydroxylation is 1. The average Bonchev–Trinajstić information content (AvgIpc) is 2.54. The van der Waals surface area contributed by atoms with Crippen LogP contribution in [0.15, 0.2) is 18.2 Å². The highest BCUT2D eigenvalue weighted by Gasteiger charge is 2.33. The van der Waals surface area contributed by atoms with Gasteiger partial charge in [0.2, 0.25) is 0 Å². The molecule has 0 heterocycles. The van der Waals surface area contributed by atoms with Gasteiger partial charge in [0.15, 0.2) is 0 Å². The van der Waals surface area contributed by atoms with E-state index in [1.54, 1.807) is 0 Å². The first-order valence-electron chi connectivity index (χ1n) is 9.51. The summed E-state index contributed by atoms with van der Waals surface area (Å²) in [4.78, 5) is 12.8. The lowest BCUT2D eigenvalue weighted by Gasteiger charge is -2.28. The predicted molar refractivity (Wildman–Crippen MR) is 104 cm³/mol. The standard InChI is InChI=1S/C21H35NO3/c1-7-9-10-13-21(6,25-8-2)20(23)22-18-11-12-19(17(5)14-18)24-15-16(3)4/h11-12,14,16H,7-10,13,15H2,1-6H3,(H,22,23). The number of carbonyl (C=O) groups is 1. The second-order valence-electron chi connectivity index (χ2n) is 7.26. The first-order chi connectivity index (χ1) is 11.8. The maximum absolute atomic E-state index is 12.8. The van der Waals surface area contributed by atoms with Gasteiger partial charge in [-0.3, -0.25) is 4.79 Å². The Labute approximate surface area is 153 Å². The van der Waals surface area contributed by atoms with Crippen molar-refractivity contribution in [3.63, 3.8) is 0 Å². The minimum absolute atomic E-state index is 0.0827. The number of ether oxygens (including phenoxy) is 2. The highest BCUT2D eigenvalue weighted by Crippen LogP contribution is 2.25. The van der Waals surface area contributed by atoms with Gasteiger partial charge in [-0.2, -0.15) is 0 Å². The molecular formula is C21H35NO3. The number of carbonyl (C=O) groups excluding carboxylic acids is 1. The molecule has 0 bridgehead atoms. The number of hydrogen-bond acceptors (Lipinski definition) is 3. The lowest BCUT2D eigenvalue weighted by atomic mass is 9.96. The molecule has 0 fully saturated rings. The van der Waals surface area contributed by atoms with Crippen LogP contribution in [0.1, 0.15) is 65.9 Å². The van der Waals surface area contributed by atoms with E-state index in [2.05, 4.69) is 26.1 Å². The van der Waals surface area contributed by atoms with E-state index >= 15 is 0 Å². The summed E-state index contributed by atoms with van der Waals surface area (Å²) in [6.45, 7) is 13.4. The Balaban J connectivity index is 2.77. The van der Waals surface area contributed by atoms with Gasteiger partial charge in [0, 0.05) is 12.3 Å². The van der Waals surface area contributed by atoms with Crippen LogP contribution < -0.4 is 10.1 Å². The molecule has 1 rings (SSSR count). The van der Waals surface area contributed by atoms with Gasteiger partial charge >= 0.3 is 0 Å². The van der Waals surface area contributed by atoms with E-state index in [9.17, 15) is 4.79 Å². The third kappa shape index (κ3) is 7.07. The molecule has 0 aliphatic carbocycles. The second-order valence-corrected chi connectivity index (χ2v) is 7.26. The van der Waals surface area contributed by atoms with E-state index in [-0.39, 0.29) is 5.91 Å². The Morgan fingerprint density at radius 2 is 1.96 bits per heavy atom. The number of hydrogen-bond donors (Lipinski definition) is 1.